The minimum atomic E-state index is -1.27. The molecule has 2 aromatic rings. The fourth-order valence-corrected chi connectivity index (χ4v) is 5.80. The zero-order valence-electron chi connectivity index (χ0n) is 20.8. The first kappa shape index (κ1) is 24.2. The maximum absolute atomic E-state index is 13.4. The van der Waals surface area contributed by atoms with Crippen molar-refractivity contribution in [3.63, 3.8) is 0 Å². The molecule has 0 radical (unpaired) electrons. The van der Waals surface area contributed by atoms with Crippen LogP contribution in [0.5, 0.6) is 0 Å². The highest BCUT2D eigenvalue weighted by atomic mass is 16.9. The van der Waals surface area contributed by atoms with Crippen molar-refractivity contribution < 1.29 is 32.9 Å². The van der Waals surface area contributed by atoms with Gasteiger partial charge in [-0.2, -0.15) is 0 Å². The molecule has 8 nitrogen and oxygen atoms in total. The molecule has 0 N–H and O–H groups in total. The molecule has 1 saturated carbocycles. The van der Waals surface area contributed by atoms with Gasteiger partial charge >= 0.3 is 0 Å². The molecule has 188 valence electrons. The van der Waals surface area contributed by atoms with Crippen molar-refractivity contribution in [1.82, 2.24) is 4.90 Å². The molecule has 0 bridgehead atoms. The largest absolute Gasteiger partial charge is 0.469 e. The van der Waals surface area contributed by atoms with E-state index >= 15 is 0 Å². The maximum Gasteiger partial charge on any atom is 0.246 e. The summed E-state index contributed by atoms with van der Waals surface area (Å²) < 4.78 is 37.9. The van der Waals surface area contributed by atoms with Crippen molar-refractivity contribution in [2.24, 2.45) is 0 Å². The standard InChI is InChI=1S/C27H33NO7/c1-7-19(29)28(16-17-12-9-8-10-13-17)21-20(18-14-11-15-31-18)23-27(30-6,35-26(4,5)33-23)24-22(21)32-25(2,3)34-24/h7-15,20-24H,1,16H2,2-6H3. The maximum atomic E-state index is 13.4. The summed E-state index contributed by atoms with van der Waals surface area (Å²) in [5.41, 5.74) is 0.975. The van der Waals surface area contributed by atoms with Crippen LogP contribution in [0.15, 0.2) is 65.8 Å². The van der Waals surface area contributed by atoms with E-state index < -0.39 is 47.6 Å². The number of hydrogen-bond donors (Lipinski definition) is 0. The lowest BCUT2D eigenvalue weighted by molar-refractivity contribution is -0.306. The third-order valence-corrected chi connectivity index (χ3v) is 6.97. The average Bonchev–Trinajstić information content (AvgIpc) is 3.52. The molecule has 6 unspecified atom stereocenters. The number of benzene rings is 1. The molecule has 35 heavy (non-hydrogen) atoms. The summed E-state index contributed by atoms with van der Waals surface area (Å²) in [6.07, 6.45) is 1.03. The summed E-state index contributed by atoms with van der Waals surface area (Å²) in [5, 5.41) is 0. The molecule has 3 heterocycles. The summed E-state index contributed by atoms with van der Waals surface area (Å²) in [5.74, 6) is -3.24. The Labute approximate surface area is 205 Å². The van der Waals surface area contributed by atoms with E-state index in [4.69, 9.17) is 28.1 Å². The first-order valence-electron chi connectivity index (χ1n) is 11.9. The first-order chi connectivity index (χ1) is 16.6. The minimum Gasteiger partial charge on any atom is -0.469 e. The molecule has 5 rings (SSSR count). The normalized spacial score (nSPS) is 34.7. The molecule has 6 atom stereocenters. The number of nitrogens with zero attached hydrogens (tertiary/aromatic N) is 1. The van der Waals surface area contributed by atoms with Gasteiger partial charge < -0.3 is 33.0 Å². The van der Waals surface area contributed by atoms with Gasteiger partial charge in [-0.3, -0.25) is 4.79 Å². The second kappa shape index (κ2) is 8.57. The van der Waals surface area contributed by atoms with Crippen LogP contribution < -0.4 is 0 Å². The van der Waals surface area contributed by atoms with Crippen LogP contribution in [-0.2, 0) is 35.0 Å². The highest BCUT2D eigenvalue weighted by molar-refractivity contribution is 5.87. The van der Waals surface area contributed by atoms with Crippen LogP contribution in [0, 0.1) is 0 Å². The quantitative estimate of drug-likeness (QED) is 0.575. The Morgan fingerprint density at radius 2 is 1.74 bits per heavy atom. The van der Waals surface area contributed by atoms with E-state index in [0.29, 0.717) is 12.3 Å². The average molecular weight is 484 g/mol. The molecular formula is C27H33NO7. The van der Waals surface area contributed by atoms with Gasteiger partial charge in [0.25, 0.3) is 0 Å². The number of rotatable bonds is 6. The Balaban J connectivity index is 1.69. The zero-order chi connectivity index (χ0) is 25.0. The van der Waals surface area contributed by atoms with Crippen molar-refractivity contribution >= 4 is 5.91 Å². The summed E-state index contributed by atoms with van der Waals surface area (Å²) in [6.45, 7) is 11.5. The number of fused-ring (bicyclic) bond motifs is 3. The van der Waals surface area contributed by atoms with Crippen molar-refractivity contribution in [2.45, 2.75) is 81.9 Å². The molecule has 1 aromatic carbocycles. The molecule has 1 aromatic heterocycles. The van der Waals surface area contributed by atoms with Crippen LogP contribution in [0.1, 0.15) is 44.9 Å². The van der Waals surface area contributed by atoms with Crippen molar-refractivity contribution in [3.8, 4) is 0 Å². The van der Waals surface area contributed by atoms with Crippen LogP contribution in [0.4, 0.5) is 0 Å². The molecular weight excluding hydrogens is 450 g/mol. The molecule has 3 aliphatic rings. The number of carbonyl (C=O) groups excluding carboxylic acids is 1. The van der Waals surface area contributed by atoms with Crippen molar-refractivity contribution in [1.29, 1.82) is 0 Å². The Morgan fingerprint density at radius 3 is 2.37 bits per heavy atom. The molecule has 0 spiro atoms. The molecule has 1 amide bonds. The minimum absolute atomic E-state index is 0.231. The van der Waals surface area contributed by atoms with E-state index in [9.17, 15) is 4.79 Å². The second-order valence-electron chi connectivity index (χ2n) is 10.2. The Morgan fingerprint density at radius 1 is 1.03 bits per heavy atom. The van der Waals surface area contributed by atoms with Gasteiger partial charge in [-0.25, -0.2) is 0 Å². The molecule has 2 aliphatic heterocycles. The third-order valence-electron chi connectivity index (χ3n) is 6.97. The fourth-order valence-electron chi connectivity index (χ4n) is 5.80. The van der Waals surface area contributed by atoms with E-state index in [1.54, 1.807) is 18.3 Å². The SMILES string of the molecule is C=CC(=O)N(Cc1ccccc1)C1C2OC(C)(C)OC2C2(OC)OC(C)(C)OC2C1c1ccco1. The van der Waals surface area contributed by atoms with Crippen LogP contribution in [-0.4, -0.2) is 59.6 Å². The molecule has 2 saturated heterocycles. The highest BCUT2D eigenvalue weighted by Gasteiger charge is 2.73. The van der Waals surface area contributed by atoms with Crippen LogP contribution >= 0.6 is 0 Å². The monoisotopic (exact) mass is 483 g/mol. The number of methoxy groups -OCH3 is 1. The topological polar surface area (TPSA) is 79.6 Å². The first-order valence-corrected chi connectivity index (χ1v) is 11.9. The van der Waals surface area contributed by atoms with E-state index in [-0.39, 0.29) is 5.91 Å². The fraction of sp³-hybridized carbons (Fsp3) is 0.519. The van der Waals surface area contributed by atoms with E-state index in [2.05, 4.69) is 6.58 Å². The smallest absolute Gasteiger partial charge is 0.246 e. The van der Waals surface area contributed by atoms with E-state index in [1.807, 2.05) is 70.2 Å². The Kier molecular flexibility index (Phi) is 5.93. The molecule has 3 fully saturated rings. The lowest BCUT2D eigenvalue weighted by Crippen LogP contribution is -2.69. The predicted molar refractivity (Wildman–Crippen MR) is 126 cm³/mol. The summed E-state index contributed by atoms with van der Waals surface area (Å²) in [4.78, 5) is 15.2. The predicted octanol–water partition coefficient (Wildman–Crippen LogP) is 3.97. The van der Waals surface area contributed by atoms with Gasteiger partial charge in [-0.05, 0) is 51.5 Å². The third kappa shape index (κ3) is 4.03. The van der Waals surface area contributed by atoms with E-state index in [1.165, 1.54) is 6.08 Å². The molecule has 1 aliphatic carbocycles. The Hall–Kier alpha value is -2.49. The van der Waals surface area contributed by atoms with Crippen molar-refractivity contribution in [2.75, 3.05) is 7.11 Å². The lowest BCUT2D eigenvalue weighted by atomic mass is 9.72. The van der Waals surface area contributed by atoms with Gasteiger partial charge in [-0.1, -0.05) is 36.9 Å². The van der Waals surface area contributed by atoms with Gasteiger partial charge in [0.05, 0.1) is 18.2 Å². The van der Waals surface area contributed by atoms with Crippen LogP contribution in [0.3, 0.4) is 0 Å². The lowest BCUT2D eigenvalue weighted by Gasteiger charge is -2.51. The molecule has 8 heteroatoms. The summed E-state index contributed by atoms with van der Waals surface area (Å²) in [7, 11) is 1.58. The van der Waals surface area contributed by atoms with Gasteiger partial charge in [-0.15, -0.1) is 0 Å². The van der Waals surface area contributed by atoms with Gasteiger partial charge in [0, 0.05) is 13.7 Å². The Bertz CT molecular complexity index is 1070. The summed E-state index contributed by atoms with van der Waals surface area (Å²) >= 11 is 0. The van der Waals surface area contributed by atoms with Gasteiger partial charge in [0.1, 0.15) is 24.1 Å². The van der Waals surface area contributed by atoms with Crippen LogP contribution in [0.2, 0.25) is 0 Å². The van der Waals surface area contributed by atoms with Gasteiger partial charge in [0.15, 0.2) is 11.6 Å². The number of carbonyl (C=O) groups is 1. The van der Waals surface area contributed by atoms with Crippen molar-refractivity contribution in [3.05, 3.63) is 72.7 Å². The highest BCUT2D eigenvalue weighted by Crippen LogP contribution is 2.57. The number of ether oxygens (including phenoxy) is 5. The zero-order valence-corrected chi connectivity index (χ0v) is 20.8. The van der Waals surface area contributed by atoms with Gasteiger partial charge in [0.2, 0.25) is 11.7 Å². The van der Waals surface area contributed by atoms with E-state index in [0.717, 1.165) is 5.56 Å². The van der Waals surface area contributed by atoms with Crippen LogP contribution in [0.25, 0.3) is 0 Å². The number of hydrogen-bond acceptors (Lipinski definition) is 7. The number of amides is 1. The number of furan rings is 1. The summed E-state index contributed by atoms with van der Waals surface area (Å²) in [6, 6.07) is 13.0. The second-order valence-corrected chi connectivity index (χ2v) is 10.2.